The number of ether oxygens (including phenoxy) is 1. The van der Waals surface area contributed by atoms with Crippen molar-refractivity contribution in [1.29, 1.82) is 0 Å². The Hall–Kier alpha value is -6.59. The molecule has 324 valence electrons. The lowest BCUT2D eigenvalue weighted by Gasteiger charge is -2.28. The van der Waals surface area contributed by atoms with Crippen molar-refractivity contribution >= 4 is 33.2 Å². The van der Waals surface area contributed by atoms with E-state index in [1.807, 2.05) is 6.20 Å². The molecule has 64 heavy (non-hydrogen) atoms. The average Bonchev–Trinajstić information content (AvgIpc) is 3.90. The van der Waals surface area contributed by atoms with Crippen LogP contribution in [0, 0.1) is 0 Å². The monoisotopic (exact) mass is 842 g/mol. The highest BCUT2D eigenvalue weighted by molar-refractivity contribution is 6.11. The normalized spacial score (nSPS) is 13.7. The van der Waals surface area contributed by atoms with Crippen LogP contribution < -0.4 is 14.5 Å². The first kappa shape index (κ1) is 42.7. The minimum Gasteiger partial charge on any atom is -0.457 e. The molecular weight excluding hydrogens is 781 g/mol. The molecule has 1 aliphatic rings. The number of benzene rings is 6. The van der Waals surface area contributed by atoms with Gasteiger partial charge in [-0.15, -0.1) is 0 Å². The maximum absolute atomic E-state index is 7.19. The Labute approximate surface area is 380 Å². The fourth-order valence-electron chi connectivity index (χ4n) is 9.03. The lowest BCUT2D eigenvalue weighted by Crippen LogP contribution is -2.25. The van der Waals surface area contributed by atoms with Gasteiger partial charge in [-0.3, -0.25) is 4.57 Å². The predicted molar refractivity (Wildman–Crippen MR) is 271 cm³/mol. The van der Waals surface area contributed by atoms with E-state index in [1.165, 1.54) is 55.4 Å². The molecule has 0 aliphatic carbocycles. The van der Waals surface area contributed by atoms with E-state index in [4.69, 9.17) is 9.72 Å². The summed E-state index contributed by atoms with van der Waals surface area (Å²) in [5, 5.41) is 2.40. The Morgan fingerprint density at radius 3 is 1.70 bits per heavy atom. The minimum atomic E-state index is -0.360. The molecule has 0 spiro atoms. The molecule has 1 aliphatic heterocycles. The summed E-state index contributed by atoms with van der Waals surface area (Å²) in [6, 6.07) is 52.9. The van der Waals surface area contributed by atoms with Crippen LogP contribution in [0.15, 0.2) is 164 Å². The molecular formula is C59H62N4O. The first-order valence-electron chi connectivity index (χ1n) is 22.7. The van der Waals surface area contributed by atoms with Gasteiger partial charge >= 0.3 is 0 Å². The van der Waals surface area contributed by atoms with Gasteiger partial charge in [0.2, 0.25) is 0 Å². The molecule has 0 saturated carbocycles. The summed E-state index contributed by atoms with van der Waals surface area (Å²) in [6.45, 7) is 25.8. The summed E-state index contributed by atoms with van der Waals surface area (Å²) in [5.74, 6) is 2.48. The average molecular weight is 843 g/mol. The first-order valence-corrected chi connectivity index (χ1v) is 22.7. The predicted octanol–water partition coefficient (Wildman–Crippen LogP) is 15.6. The van der Waals surface area contributed by atoms with Gasteiger partial charge in [0.25, 0.3) is 0 Å². The molecule has 0 N–H and O–H groups in total. The topological polar surface area (TPSA) is 33.5 Å². The molecule has 6 aromatic carbocycles. The van der Waals surface area contributed by atoms with E-state index < -0.39 is 0 Å². The molecule has 0 amide bonds. The van der Waals surface area contributed by atoms with E-state index in [0.717, 1.165) is 34.0 Å². The second-order valence-electron chi connectivity index (χ2n) is 21.2. The van der Waals surface area contributed by atoms with Crippen LogP contribution >= 0.6 is 0 Å². The van der Waals surface area contributed by atoms with E-state index >= 15 is 0 Å². The van der Waals surface area contributed by atoms with Gasteiger partial charge < -0.3 is 14.5 Å². The highest BCUT2D eigenvalue weighted by atomic mass is 16.5. The van der Waals surface area contributed by atoms with Crippen molar-refractivity contribution in [2.45, 2.75) is 97.8 Å². The van der Waals surface area contributed by atoms with Crippen LogP contribution in [0.4, 0.5) is 11.4 Å². The number of nitrogens with zero attached hydrogens (tertiary/aromatic N) is 4. The zero-order valence-corrected chi connectivity index (χ0v) is 39.5. The number of hydrogen-bond donors (Lipinski definition) is 0. The van der Waals surface area contributed by atoms with Crippen LogP contribution in [0.3, 0.4) is 0 Å². The Bertz CT molecular complexity index is 3030. The van der Waals surface area contributed by atoms with E-state index in [1.54, 1.807) is 0 Å². The van der Waals surface area contributed by atoms with Crippen LogP contribution in [-0.2, 0) is 21.7 Å². The van der Waals surface area contributed by atoms with Crippen molar-refractivity contribution < 1.29 is 4.74 Å². The quantitative estimate of drug-likeness (QED) is 0.153. The highest BCUT2D eigenvalue weighted by Gasteiger charge is 2.30. The number of rotatable bonds is 8. The molecule has 5 nitrogen and oxygen atoms in total. The van der Waals surface area contributed by atoms with Gasteiger partial charge in [-0.1, -0.05) is 161 Å². The standard InChI is InChI=1S/C59H62N4O/c1-56(2,3)43-26-27-60-54(35-43)63-52-25-19-18-24-50(52)55-51(59(10,11)42-22-16-13-17-23-42)37-49(38-53(55)63)64-48-34-45(58(7,8)9)33-47(36-48)62-29-28-61(39-62)46-31-41(40-20-14-12-15-21-40)30-44(32-46)57(4,5)6/h12-38H,39H2,1-11H3. The van der Waals surface area contributed by atoms with E-state index in [2.05, 4.69) is 249 Å². The van der Waals surface area contributed by atoms with E-state index in [0.29, 0.717) is 6.67 Å². The molecule has 9 rings (SSSR count). The maximum Gasteiger partial charge on any atom is 0.137 e. The van der Waals surface area contributed by atoms with Crippen molar-refractivity contribution in [1.82, 2.24) is 9.55 Å². The lowest BCUT2D eigenvalue weighted by atomic mass is 9.76. The van der Waals surface area contributed by atoms with E-state index in [-0.39, 0.29) is 21.7 Å². The summed E-state index contributed by atoms with van der Waals surface area (Å²) in [7, 11) is 0. The van der Waals surface area contributed by atoms with Crippen molar-refractivity contribution in [3.8, 4) is 28.4 Å². The highest BCUT2D eigenvalue weighted by Crippen LogP contribution is 2.45. The summed E-state index contributed by atoms with van der Waals surface area (Å²) < 4.78 is 9.52. The lowest BCUT2D eigenvalue weighted by molar-refractivity contribution is 0.477. The molecule has 0 saturated heterocycles. The molecule has 0 atom stereocenters. The van der Waals surface area contributed by atoms with Crippen molar-refractivity contribution in [3.05, 3.63) is 192 Å². The molecule has 2 aromatic heterocycles. The molecule has 0 bridgehead atoms. The van der Waals surface area contributed by atoms with Crippen LogP contribution in [0.5, 0.6) is 11.5 Å². The van der Waals surface area contributed by atoms with Gasteiger partial charge in [0.1, 0.15) is 17.3 Å². The van der Waals surface area contributed by atoms with Gasteiger partial charge in [-0.2, -0.15) is 0 Å². The molecule has 5 heteroatoms. The number of para-hydroxylation sites is 1. The third-order valence-corrected chi connectivity index (χ3v) is 13.0. The molecule has 3 heterocycles. The van der Waals surface area contributed by atoms with Gasteiger partial charge in [0.05, 0.1) is 17.7 Å². The minimum absolute atomic E-state index is 0.00350. The second kappa shape index (κ2) is 15.9. The number of anilines is 2. The van der Waals surface area contributed by atoms with Crippen molar-refractivity contribution in [2.24, 2.45) is 0 Å². The Morgan fingerprint density at radius 1 is 0.469 bits per heavy atom. The van der Waals surface area contributed by atoms with Crippen molar-refractivity contribution in [2.75, 3.05) is 16.5 Å². The Morgan fingerprint density at radius 2 is 1.05 bits per heavy atom. The Kier molecular flexibility index (Phi) is 10.6. The third-order valence-electron chi connectivity index (χ3n) is 13.0. The largest absolute Gasteiger partial charge is 0.457 e. The summed E-state index contributed by atoms with van der Waals surface area (Å²) >= 11 is 0. The maximum atomic E-state index is 7.19. The number of aromatic nitrogens is 2. The molecule has 0 fully saturated rings. The van der Waals surface area contributed by atoms with Gasteiger partial charge in [0.15, 0.2) is 0 Å². The molecule has 0 radical (unpaired) electrons. The number of fused-ring (bicyclic) bond motifs is 3. The SMILES string of the molecule is CC(C)(C)c1cc(Oc2cc(C(C)(C)c3ccccc3)c3c4ccccc4n(-c4cc(C(C)(C)C)ccn4)c3c2)cc(N2C=CN(c3cc(-c4ccccc4)cc(C(C)(C)C)c3)C2)c1. The van der Waals surface area contributed by atoms with Crippen LogP contribution in [-0.4, -0.2) is 16.2 Å². The van der Waals surface area contributed by atoms with Gasteiger partial charge in [0, 0.05) is 58.3 Å². The fraction of sp³-hybridized carbons (Fsp3) is 0.271. The summed E-state index contributed by atoms with van der Waals surface area (Å²) in [5.41, 5.74) is 12.6. The number of hydrogen-bond acceptors (Lipinski definition) is 4. The number of pyridine rings is 1. The van der Waals surface area contributed by atoms with Crippen LogP contribution in [0.1, 0.15) is 104 Å². The van der Waals surface area contributed by atoms with Gasteiger partial charge in [-0.25, -0.2) is 4.98 Å². The fourth-order valence-corrected chi connectivity index (χ4v) is 9.03. The zero-order chi connectivity index (χ0) is 45.2. The zero-order valence-electron chi connectivity index (χ0n) is 39.5. The summed E-state index contributed by atoms with van der Waals surface area (Å²) in [6.07, 6.45) is 6.35. The Balaban J connectivity index is 1.16. The molecule has 0 unspecified atom stereocenters. The third kappa shape index (κ3) is 8.20. The summed E-state index contributed by atoms with van der Waals surface area (Å²) in [4.78, 5) is 9.70. The van der Waals surface area contributed by atoms with Crippen molar-refractivity contribution in [3.63, 3.8) is 0 Å². The second-order valence-corrected chi connectivity index (χ2v) is 21.2. The van der Waals surface area contributed by atoms with Crippen LogP contribution in [0.2, 0.25) is 0 Å². The smallest absolute Gasteiger partial charge is 0.137 e. The van der Waals surface area contributed by atoms with Crippen LogP contribution in [0.25, 0.3) is 38.8 Å². The molecule has 8 aromatic rings. The van der Waals surface area contributed by atoms with E-state index in [9.17, 15) is 0 Å². The van der Waals surface area contributed by atoms with Gasteiger partial charge in [-0.05, 0) is 104 Å². The first-order chi connectivity index (χ1) is 30.3.